The number of carbonyl (C=O) groups is 2. The first-order chi connectivity index (χ1) is 7.11. The van der Waals surface area contributed by atoms with Gasteiger partial charge in [-0.05, 0) is 19.8 Å². The molecule has 0 aromatic carbocycles. The van der Waals surface area contributed by atoms with E-state index in [2.05, 4.69) is 16.2 Å². The molecule has 0 saturated heterocycles. The fourth-order valence-corrected chi connectivity index (χ4v) is 1.50. The van der Waals surface area contributed by atoms with Crippen LogP contribution in [0.2, 0.25) is 0 Å². The molecular formula is C9H12N2O3S. The van der Waals surface area contributed by atoms with Gasteiger partial charge in [0.25, 0.3) is 0 Å². The Hall–Kier alpha value is -1.17. The van der Waals surface area contributed by atoms with Crippen molar-refractivity contribution >= 4 is 23.0 Å². The fraction of sp³-hybridized carbons (Fsp3) is 0.556. The highest BCUT2D eigenvalue weighted by atomic mass is 32.2. The molecule has 0 aliphatic carbocycles. The quantitative estimate of drug-likeness (QED) is 0.312. The number of hydrogen-bond donors (Lipinski definition) is 0. The summed E-state index contributed by atoms with van der Waals surface area (Å²) in [5.41, 5.74) is 0.377. The maximum atomic E-state index is 11.1. The Labute approximate surface area is 92.1 Å². The van der Waals surface area contributed by atoms with Gasteiger partial charge < -0.3 is 4.74 Å². The lowest BCUT2D eigenvalue weighted by atomic mass is 10.2. The van der Waals surface area contributed by atoms with Crippen LogP contribution < -0.4 is 0 Å². The number of hydrogen-bond acceptors (Lipinski definition) is 6. The molecule has 6 heteroatoms. The Morgan fingerprint density at radius 3 is 2.93 bits per heavy atom. The SMILES string of the molecule is C=C(C)C(=O)OCCCC1N=NSC1=O. The van der Waals surface area contributed by atoms with E-state index in [-0.39, 0.29) is 17.8 Å². The first-order valence-corrected chi connectivity index (χ1v) is 5.32. The van der Waals surface area contributed by atoms with Crippen molar-refractivity contribution in [3.63, 3.8) is 0 Å². The molecule has 0 aromatic heterocycles. The van der Waals surface area contributed by atoms with Crippen molar-refractivity contribution in [2.75, 3.05) is 6.61 Å². The van der Waals surface area contributed by atoms with Gasteiger partial charge in [0.15, 0.2) is 0 Å². The van der Waals surface area contributed by atoms with E-state index in [0.717, 1.165) is 11.9 Å². The molecule has 0 radical (unpaired) electrons. The van der Waals surface area contributed by atoms with Crippen molar-refractivity contribution in [3.8, 4) is 0 Å². The summed E-state index contributed by atoms with van der Waals surface area (Å²) in [5, 5.41) is 3.71. The Balaban J connectivity index is 2.12. The van der Waals surface area contributed by atoms with E-state index in [1.807, 2.05) is 0 Å². The van der Waals surface area contributed by atoms with Crippen LogP contribution in [0.4, 0.5) is 0 Å². The lowest BCUT2D eigenvalue weighted by Gasteiger charge is -2.05. The zero-order valence-electron chi connectivity index (χ0n) is 8.43. The van der Waals surface area contributed by atoms with Gasteiger partial charge in [0.2, 0.25) is 5.12 Å². The largest absolute Gasteiger partial charge is 0.462 e. The summed E-state index contributed by atoms with van der Waals surface area (Å²) < 4.78 is 8.43. The Kier molecular flexibility index (Phi) is 4.48. The summed E-state index contributed by atoms with van der Waals surface area (Å²) in [6.07, 6.45) is 1.17. The molecule has 0 saturated carbocycles. The van der Waals surface area contributed by atoms with E-state index in [1.165, 1.54) is 0 Å². The minimum atomic E-state index is -0.399. The van der Waals surface area contributed by atoms with Crippen LogP contribution in [0.1, 0.15) is 19.8 Å². The van der Waals surface area contributed by atoms with Crippen LogP contribution in [-0.4, -0.2) is 23.7 Å². The van der Waals surface area contributed by atoms with Crippen molar-refractivity contribution in [1.29, 1.82) is 0 Å². The van der Waals surface area contributed by atoms with Crippen LogP contribution in [0.25, 0.3) is 0 Å². The van der Waals surface area contributed by atoms with Gasteiger partial charge in [-0.3, -0.25) is 4.79 Å². The van der Waals surface area contributed by atoms with Crippen LogP contribution in [0.5, 0.6) is 0 Å². The van der Waals surface area contributed by atoms with E-state index in [1.54, 1.807) is 6.92 Å². The van der Waals surface area contributed by atoms with Crippen molar-refractivity contribution in [3.05, 3.63) is 12.2 Å². The van der Waals surface area contributed by atoms with E-state index in [9.17, 15) is 9.59 Å². The predicted molar refractivity (Wildman–Crippen MR) is 56.2 cm³/mol. The Morgan fingerprint density at radius 2 is 2.40 bits per heavy atom. The van der Waals surface area contributed by atoms with Crippen molar-refractivity contribution in [1.82, 2.24) is 0 Å². The Morgan fingerprint density at radius 1 is 1.67 bits per heavy atom. The zero-order chi connectivity index (χ0) is 11.3. The van der Waals surface area contributed by atoms with Crippen molar-refractivity contribution < 1.29 is 14.3 Å². The molecule has 1 aliphatic heterocycles. The minimum Gasteiger partial charge on any atom is -0.462 e. The average Bonchev–Trinajstić information content (AvgIpc) is 2.58. The monoisotopic (exact) mass is 228 g/mol. The highest BCUT2D eigenvalue weighted by Gasteiger charge is 2.23. The maximum Gasteiger partial charge on any atom is 0.333 e. The van der Waals surface area contributed by atoms with E-state index in [4.69, 9.17) is 4.74 Å². The van der Waals surface area contributed by atoms with Crippen LogP contribution >= 0.6 is 11.9 Å². The van der Waals surface area contributed by atoms with Gasteiger partial charge in [-0.1, -0.05) is 6.58 Å². The van der Waals surface area contributed by atoms with E-state index < -0.39 is 5.97 Å². The number of ether oxygens (including phenoxy) is 1. The molecule has 1 rings (SSSR count). The van der Waals surface area contributed by atoms with Gasteiger partial charge >= 0.3 is 5.97 Å². The van der Waals surface area contributed by atoms with Gasteiger partial charge in [-0.15, -0.1) is 4.52 Å². The lowest BCUT2D eigenvalue weighted by Crippen LogP contribution is -2.13. The average molecular weight is 228 g/mol. The molecule has 0 N–H and O–H groups in total. The molecule has 5 nitrogen and oxygen atoms in total. The predicted octanol–water partition coefficient (Wildman–Crippen LogP) is 1.90. The molecule has 1 heterocycles. The molecule has 0 aromatic rings. The summed E-state index contributed by atoms with van der Waals surface area (Å²) in [6.45, 7) is 5.34. The minimum absolute atomic E-state index is 0.0405. The third-order valence-electron chi connectivity index (χ3n) is 1.79. The lowest BCUT2D eigenvalue weighted by molar-refractivity contribution is -0.139. The summed E-state index contributed by atoms with van der Waals surface area (Å²) >= 11 is 0.872. The molecule has 82 valence electrons. The standard InChI is InChI=1S/C9H12N2O3S/c1-6(2)8(12)14-5-3-4-7-9(13)15-11-10-7/h7H,1,3-5H2,2H3. The number of rotatable bonds is 5. The molecule has 0 amide bonds. The van der Waals surface area contributed by atoms with Crippen LogP contribution in [0.15, 0.2) is 21.8 Å². The highest BCUT2D eigenvalue weighted by Crippen LogP contribution is 2.22. The number of nitrogens with zero attached hydrogens (tertiary/aromatic N) is 2. The third-order valence-corrected chi connectivity index (χ3v) is 2.42. The van der Waals surface area contributed by atoms with Gasteiger partial charge in [0.1, 0.15) is 6.04 Å². The summed E-state index contributed by atoms with van der Waals surface area (Å²) in [4.78, 5) is 22.0. The number of carbonyl (C=O) groups excluding carboxylic acids is 2. The molecule has 15 heavy (non-hydrogen) atoms. The molecule has 1 atom stereocenters. The molecule has 1 aliphatic rings. The molecule has 0 spiro atoms. The second kappa shape index (κ2) is 5.65. The second-order valence-corrected chi connectivity index (χ2v) is 3.93. The third kappa shape index (κ3) is 3.83. The maximum absolute atomic E-state index is 11.1. The smallest absolute Gasteiger partial charge is 0.333 e. The van der Waals surface area contributed by atoms with Gasteiger partial charge in [0, 0.05) is 5.57 Å². The Bertz CT molecular complexity index is 314. The first kappa shape index (κ1) is 11.9. The number of esters is 1. The van der Waals surface area contributed by atoms with E-state index >= 15 is 0 Å². The first-order valence-electron chi connectivity index (χ1n) is 4.55. The molecule has 0 bridgehead atoms. The normalized spacial score (nSPS) is 19.3. The topological polar surface area (TPSA) is 68.1 Å². The van der Waals surface area contributed by atoms with Crippen LogP contribution in [-0.2, 0) is 14.3 Å². The molecule has 1 unspecified atom stereocenters. The van der Waals surface area contributed by atoms with E-state index in [0.29, 0.717) is 18.4 Å². The van der Waals surface area contributed by atoms with Gasteiger partial charge in [-0.25, -0.2) is 4.79 Å². The zero-order valence-corrected chi connectivity index (χ0v) is 9.25. The van der Waals surface area contributed by atoms with Crippen LogP contribution in [0.3, 0.4) is 0 Å². The summed E-state index contributed by atoms with van der Waals surface area (Å²) in [6, 6.07) is -0.362. The van der Waals surface area contributed by atoms with Crippen molar-refractivity contribution in [2.24, 2.45) is 9.63 Å². The highest BCUT2D eigenvalue weighted by molar-refractivity contribution is 8.12. The van der Waals surface area contributed by atoms with Crippen molar-refractivity contribution in [2.45, 2.75) is 25.8 Å². The van der Waals surface area contributed by atoms with Gasteiger partial charge in [-0.2, -0.15) is 5.11 Å². The summed E-state index contributed by atoms with van der Waals surface area (Å²) in [5.74, 6) is -0.399. The summed E-state index contributed by atoms with van der Waals surface area (Å²) in [7, 11) is 0. The molecule has 0 fully saturated rings. The fourth-order valence-electron chi connectivity index (χ4n) is 0.969. The second-order valence-electron chi connectivity index (χ2n) is 3.18. The van der Waals surface area contributed by atoms with Gasteiger partial charge in [0.05, 0.1) is 18.6 Å². The van der Waals surface area contributed by atoms with Crippen LogP contribution in [0, 0.1) is 0 Å². The molecular weight excluding hydrogens is 216 g/mol.